The summed E-state index contributed by atoms with van der Waals surface area (Å²) in [6, 6.07) is 12.4. The van der Waals surface area contributed by atoms with Crippen LogP contribution >= 0.6 is 0 Å². The zero-order chi connectivity index (χ0) is 18.9. The molecule has 0 bridgehead atoms. The van der Waals surface area contributed by atoms with Crippen LogP contribution in [0, 0.1) is 0 Å². The van der Waals surface area contributed by atoms with Crippen molar-refractivity contribution in [3.05, 3.63) is 64.7 Å². The number of carbonyl (C=O) groups is 2. The SMILES string of the molecule is CC.O=C(CCC(=O)c1ccccc1CO)c1ccc2c(c1)CCCO2. The van der Waals surface area contributed by atoms with Crippen molar-refractivity contribution in [1.82, 2.24) is 0 Å². The number of benzene rings is 2. The number of aliphatic hydroxyl groups is 1. The predicted octanol–water partition coefficient (Wildman–Crippen LogP) is 4.38. The Kier molecular flexibility index (Phi) is 7.54. The molecule has 1 aliphatic rings. The van der Waals surface area contributed by atoms with E-state index in [1.807, 2.05) is 26.0 Å². The Morgan fingerprint density at radius 2 is 1.77 bits per heavy atom. The largest absolute Gasteiger partial charge is 0.493 e. The minimum atomic E-state index is -0.180. The number of ketones is 2. The van der Waals surface area contributed by atoms with Crippen molar-refractivity contribution in [1.29, 1.82) is 0 Å². The Hall–Kier alpha value is -2.46. The molecule has 2 aromatic rings. The molecule has 138 valence electrons. The molecule has 0 saturated carbocycles. The zero-order valence-electron chi connectivity index (χ0n) is 15.5. The van der Waals surface area contributed by atoms with Gasteiger partial charge in [-0.05, 0) is 42.2 Å². The third-order valence-corrected chi connectivity index (χ3v) is 4.30. The van der Waals surface area contributed by atoms with E-state index >= 15 is 0 Å². The first-order valence-electron chi connectivity index (χ1n) is 9.20. The highest BCUT2D eigenvalue weighted by atomic mass is 16.5. The molecule has 3 rings (SSSR count). The second kappa shape index (κ2) is 9.88. The van der Waals surface area contributed by atoms with Gasteiger partial charge in [-0.2, -0.15) is 0 Å². The molecular weight excluding hydrogens is 328 g/mol. The van der Waals surface area contributed by atoms with Crippen LogP contribution in [0.1, 0.15) is 65.0 Å². The Bertz CT molecular complexity index is 764. The van der Waals surface area contributed by atoms with Crippen molar-refractivity contribution in [2.24, 2.45) is 0 Å². The maximum Gasteiger partial charge on any atom is 0.163 e. The van der Waals surface area contributed by atoms with E-state index < -0.39 is 0 Å². The molecule has 4 nitrogen and oxygen atoms in total. The molecule has 0 radical (unpaired) electrons. The van der Waals surface area contributed by atoms with Gasteiger partial charge in [0.2, 0.25) is 0 Å². The van der Waals surface area contributed by atoms with Crippen molar-refractivity contribution in [3.63, 3.8) is 0 Å². The zero-order valence-corrected chi connectivity index (χ0v) is 15.5. The molecule has 0 aliphatic carbocycles. The summed E-state index contributed by atoms with van der Waals surface area (Å²) >= 11 is 0. The van der Waals surface area contributed by atoms with Crippen molar-refractivity contribution in [2.45, 2.75) is 46.1 Å². The van der Waals surface area contributed by atoms with Gasteiger partial charge in [-0.1, -0.05) is 38.1 Å². The van der Waals surface area contributed by atoms with Crippen LogP contribution in [0.5, 0.6) is 5.75 Å². The van der Waals surface area contributed by atoms with Gasteiger partial charge in [-0.25, -0.2) is 0 Å². The Balaban J connectivity index is 0.00000117. The maximum absolute atomic E-state index is 12.4. The highest BCUT2D eigenvalue weighted by Gasteiger charge is 2.16. The monoisotopic (exact) mass is 354 g/mol. The summed E-state index contributed by atoms with van der Waals surface area (Å²) < 4.78 is 5.55. The molecule has 1 heterocycles. The quantitative estimate of drug-likeness (QED) is 0.782. The van der Waals surface area contributed by atoms with Gasteiger partial charge in [-0.15, -0.1) is 0 Å². The first kappa shape index (κ1) is 19.9. The molecule has 4 heteroatoms. The number of aryl methyl sites for hydroxylation is 1. The summed E-state index contributed by atoms with van der Waals surface area (Å²) in [6.45, 7) is 4.54. The van der Waals surface area contributed by atoms with Crippen LogP contribution in [-0.2, 0) is 13.0 Å². The molecule has 1 aliphatic heterocycles. The Labute approximate surface area is 154 Å². The summed E-state index contributed by atoms with van der Waals surface area (Å²) in [7, 11) is 0. The second-order valence-corrected chi connectivity index (χ2v) is 5.94. The van der Waals surface area contributed by atoms with Gasteiger partial charge in [0, 0.05) is 24.0 Å². The molecule has 0 spiro atoms. The summed E-state index contributed by atoms with van der Waals surface area (Å²) in [5, 5.41) is 9.30. The summed E-state index contributed by atoms with van der Waals surface area (Å²) in [5.74, 6) is 0.693. The number of Topliss-reactive ketones (excluding diaryl/α,β-unsaturated/α-hetero) is 2. The smallest absolute Gasteiger partial charge is 0.163 e. The number of hydrogen-bond donors (Lipinski definition) is 1. The van der Waals surface area contributed by atoms with E-state index in [4.69, 9.17) is 4.74 Å². The number of hydrogen-bond acceptors (Lipinski definition) is 4. The van der Waals surface area contributed by atoms with Gasteiger partial charge < -0.3 is 9.84 Å². The van der Waals surface area contributed by atoms with Crippen molar-refractivity contribution < 1.29 is 19.4 Å². The molecule has 0 atom stereocenters. The summed E-state index contributed by atoms with van der Waals surface area (Å²) in [4.78, 5) is 24.7. The first-order chi connectivity index (χ1) is 12.7. The molecular formula is C22H26O4. The lowest BCUT2D eigenvalue weighted by Crippen LogP contribution is -2.11. The van der Waals surface area contributed by atoms with Crippen LogP contribution in [0.25, 0.3) is 0 Å². The van der Waals surface area contributed by atoms with Gasteiger partial charge in [0.1, 0.15) is 5.75 Å². The average Bonchev–Trinajstić information content (AvgIpc) is 2.72. The van der Waals surface area contributed by atoms with E-state index in [0.29, 0.717) is 16.7 Å². The van der Waals surface area contributed by atoms with Gasteiger partial charge in [0.15, 0.2) is 11.6 Å². The van der Waals surface area contributed by atoms with E-state index in [1.165, 1.54) is 0 Å². The van der Waals surface area contributed by atoms with E-state index in [0.717, 1.165) is 30.8 Å². The molecule has 26 heavy (non-hydrogen) atoms. The third kappa shape index (κ3) is 4.79. The van der Waals surface area contributed by atoms with Gasteiger partial charge in [-0.3, -0.25) is 9.59 Å². The second-order valence-electron chi connectivity index (χ2n) is 5.94. The predicted molar refractivity (Wildman–Crippen MR) is 102 cm³/mol. The number of ether oxygens (including phenoxy) is 1. The van der Waals surface area contributed by atoms with E-state index in [-0.39, 0.29) is 31.0 Å². The Morgan fingerprint density at radius 3 is 2.54 bits per heavy atom. The molecule has 0 saturated heterocycles. The molecule has 0 aromatic heterocycles. The minimum absolute atomic E-state index is 0.0433. The molecule has 0 unspecified atom stereocenters. The number of fused-ring (bicyclic) bond motifs is 1. The molecule has 0 amide bonds. The lowest BCUT2D eigenvalue weighted by molar-refractivity contribution is 0.0916. The fourth-order valence-electron chi connectivity index (χ4n) is 2.97. The average molecular weight is 354 g/mol. The van der Waals surface area contributed by atoms with Crippen molar-refractivity contribution in [3.8, 4) is 5.75 Å². The highest BCUT2D eigenvalue weighted by molar-refractivity contribution is 6.02. The number of rotatable bonds is 6. The minimum Gasteiger partial charge on any atom is -0.493 e. The standard InChI is InChI=1S/C20H20O4.C2H6/c21-13-16-4-1-2-6-17(16)19(23)9-8-18(22)14-7-10-20-15(12-14)5-3-11-24-20;1-2/h1-2,4,6-7,10,12,21H,3,5,8-9,11,13H2;1-2H3. The van der Waals surface area contributed by atoms with Crippen LogP contribution in [0.4, 0.5) is 0 Å². The molecule has 1 N–H and O–H groups in total. The van der Waals surface area contributed by atoms with Crippen LogP contribution in [0.2, 0.25) is 0 Å². The Morgan fingerprint density at radius 1 is 1.04 bits per heavy atom. The highest BCUT2D eigenvalue weighted by Crippen LogP contribution is 2.26. The number of carbonyl (C=O) groups excluding carboxylic acids is 2. The van der Waals surface area contributed by atoms with E-state index in [9.17, 15) is 14.7 Å². The van der Waals surface area contributed by atoms with E-state index in [1.54, 1.807) is 30.3 Å². The van der Waals surface area contributed by atoms with Gasteiger partial charge in [0.25, 0.3) is 0 Å². The van der Waals surface area contributed by atoms with Crippen LogP contribution in [0.15, 0.2) is 42.5 Å². The fourth-order valence-corrected chi connectivity index (χ4v) is 2.97. The van der Waals surface area contributed by atoms with Gasteiger partial charge in [0.05, 0.1) is 13.2 Å². The van der Waals surface area contributed by atoms with E-state index in [2.05, 4.69) is 0 Å². The normalized spacial score (nSPS) is 12.3. The fraction of sp³-hybridized carbons (Fsp3) is 0.364. The van der Waals surface area contributed by atoms with Crippen LogP contribution < -0.4 is 4.74 Å². The maximum atomic E-state index is 12.4. The van der Waals surface area contributed by atoms with Crippen molar-refractivity contribution >= 4 is 11.6 Å². The number of aliphatic hydroxyl groups excluding tert-OH is 1. The lowest BCUT2D eigenvalue weighted by atomic mass is 9.96. The third-order valence-electron chi connectivity index (χ3n) is 4.30. The topological polar surface area (TPSA) is 63.6 Å². The molecule has 2 aromatic carbocycles. The first-order valence-corrected chi connectivity index (χ1v) is 9.20. The summed E-state index contributed by atoms with van der Waals surface area (Å²) in [6.07, 6.45) is 2.18. The lowest BCUT2D eigenvalue weighted by Gasteiger charge is -2.17. The molecule has 0 fully saturated rings. The van der Waals surface area contributed by atoms with Crippen molar-refractivity contribution in [2.75, 3.05) is 6.61 Å². The van der Waals surface area contributed by atoms with Crippen LogP contribution in [-0.4, -0.2) is 23.3 Å². The van der Waals surface area contributed by atoms with Crippen LogP contribution in [0.3, 0.4) is 0 Å². The van der Waals surface area contributed by atoms with Gasteiger partial charge >= 0.3 is 0 Å². The summed E-state index contributed by atoms with van der Waals surface area (Å²) in [5.41, 5.74) is 2.78.